The van der Waals surface area contributed by atoms with Gasteiger partial charge in [-0.1, -0.05) is 0 Å². The molecule has 1 amide bonds. The predicted molar refractivity (Wildman–Crippen MR) is 57.8 cm³/mol. The molecule has 102 valence electrons. The van der Waals surface area contributed by atoms with E-state index in [0.717, 1.165) is 0 Å². The quantitative estimate of drug-likeness (QED) is 0.809. The Kier molecular flexibility index (Phi) is 5.74. The third-order valence-corrected chi connectivity index (χ3v) is 1.60. The van der Waals surface area contributed by atoms with Crippen LogP contribution in [0.1, 0.15) is 27.7 Å². The summed E-state index contributed by atoms with van der Waals surface area (Å²) in [6.45, 7) is 5.66. The molecule has 1 atom stereocenters. The molecule has 0 aromatic carbocycles. The number of rotatable bonds is 4. The lowest BCUT2D eigenvalue weighted by molar-refractivity contribution is -0.125. The first-order chi connectivity index (χ1) is 7.49. The van der Waals surface area contributed by atoms with E-state index in [1.807, 2.05) is 0 Å². The minimum atomic E-state index is -4.25. The molecule has 0 spiro atoms. The number of amides is 1. The Morgan fingerprint density at radius 2 is 1.82 bits per heavy atom. The molecule has 2 N–H and O–H groups in total. The van der Waals surface area contributed by atoms with Crippen LogP contribution in [0.2, 0.25) is 0 Å². The van der Waals surface area contributed by atoms with Crippen LogP contribution in [-0.2, 0) is 4.74 Å². The normalized spacial score (nSPS) is 14.3. The number of hydrogen-bond acceptors (Lipinski definition) is 3. The number of nitrogens with one attached hydrogen (secondary N) is 2. The minimum absolute atomic E-state index is 0.0744. The zero-order valence-corrected chi connectivity index (χ0v) is 10.4. The molecule has 0 fully saturated rings. The largest absolute Gasteiger partial charge is 0.444 e. The Bertz CT molecular complexity index is 249. The van der Waals surface area contributed by atoms with Gasteiger partial charge in [0.15, 0.2) is 0 Å². The van der Waals surface area contributed by atoms with Crippen molar-refractivity contribution >= 4 is 6.09 Å². The number of alkyl halides is 3. The van der Waals surface area contributed by atoms with Crippen molar-refractivity contribution in [3.8, 4) is 0 Å². The van der Waals surface area contributed by atoms with Crippen molar-refractivity contribution in [2.75, 3.05) is 13.1 Å². The maximum absolute atomic E-state index is 11.9. The fourth-order valence-electron chi connectivity index (χ4n) is 0.913. The van der Waals surface area contributed by atoms with E-state index in [2.05, 4.69) is 10.6 Å². The molecule has 0 heterocycles. The maximum Gasteiger partial charge on any atom is 0.407 e. The minimum Gasteiger partial charge on any atom is -0.444 e. The van der Waals surface area contributed by atoms with Crippen LogP contribution in [0.15, 0.2) is 0 Å². The molecular formula is C10H19F3N2O2. The van der Waals surface area contributed by atoms with E-state index in [1.165, 1.54) is 0 Å². The molecule has 17 heavy (non-hydrogen) atoms. The second-order valence-electron chi connectivity index (χ2n) is 4.78. The van der Waals surface area contributed by atoms with Crippen molar-refractivity contribution in [2.24, 2.45) is 0 Å². The Labute approximate surface area is 98.9 Å². The highest BCUT2D eigenvalue weighted by molar-refractivity contribution is 5.67. The van der Waals surface area contributed by atoms with E-state index in [0.29, 0.717) is 0 Å². The molecule has 4 nitrogen and oxygen atoms in total. The van der Waals surface area contributed by atoms with E-state index in [1.54, 1.807) is 27.7 Å². The second kappa shape index (κ2) is 6.09. The highest BCUT2D eigenvalue weighted by Crippen LogP contribution is 2.12. The number of halogens is 3. The zero-order valence-electron chi connectivity index (χ0n) is 10.4. The topological polar surface area (TPSA) is 50.4 Å². The maximum atomic E-state index is 11.9. The summed E-state index contributed by atoms with van der Waals surface area (Å²) in [7, 11) is 0. The molecule has 0 aliphatic rings. The summed E-state index contributed by atoms with van der Waals surface area (Å²) in [5, 5.41) is 4.63. The van der Waals surface area contributed by atoms with Gasteiger partial charge in [0, 0.05) is 12.6 Å². The van der Waals surface area contributed by atoms with E-state index < -0.39 is 30.5 Å². The van der Waals surface area contributed by atoms with Gasteiger partial charge in [-0.3, -0.25) is 0 Å². The average Bonchev–Trinajstić information content (AvgIpc) is 2.07. The van der Waals surface area contributed by atoms with E-state index in [4.69, 9.17) is 4.74 Å². The van der Waals surface area contributed by atoms with Crippen LogP contribution in [0.5, 0.6) is 0 Å². The number of carbonyl (C=O) groups is 1. The van der Waals surface area contributed by atoms with Crippen molar-refractivity contribution in [3.05, 3.63) is 0 Å². The van der Waals surface area contributed by atoms with Gasteiger partial charge in [-0.2, -0.15) is 13.2 Å². The standard InChI is InChI=1S/C10H19F3N2O2/c1-7(15-6-10(11,12)13)5-14-8(16)17-9(2,3)4/h7,15H,5-6H2,1-4H3,(H,14,16). The van der Waals surface area contributed by atoms with Crippen LogP contribution >= 0.6 is 0 Å². The van der Waals surface area contributed by atoms with Crippen LogP contribution in [0.25, 0.3) is 0 Å². The fourth-order valence-corrected chi connectivity index (χ4v) is 0.913. The SMILES string of the molecule is CC(CNC(=O)OC(C)(C)C)NCC(F)(F)F. The predicted octanol–water partition coefficient (Wildman–Crippen LogP) is 2.05. The van der Waals surface area contributed by atoms with Gasteiger partial charge < -0.3 is 15.4 Å². The highest BCUT2D eigenvalue weighted by Gasteiger charge is 2.27. The summed E-state index contributed by atoms with van der Waals surface area (Å²) >= 11 is 0. The lowest BCUT2D eigenvalue weighted by atomic mass is 10.2. The van der Waals surface area contributed by atoms with Gasteiger partial charge in [0.05, 0.1) is 6.54 Å². The molecule has 0 aromatic rings. The third-order valence-electron chi connectivity index (χ3n) is 1.60. The molecule has 0 radical (unpaired) electrons. The second-order valence-corrected chi connectivity index (χ2v) is 4.78. The first kappa shape index (κ1) is 16.0. The van der Waals surface area contributed by atoms with Gasteiger partial charge in [-0.05, 0) is 27.7 Å². The monoisotopic (exact) mass is 256 g/mol. The molecule has 0 aromatic heterocycles. The highest BCUT2D eigenvalue weighted by atomic mass is 19.4. The van der Waals surface area contributed by atoms with Crippen LogP contribution in [0.4, 0.5) is 18.0 Å². The molecule has 0 saturated heterocycles. The summed E-state index contributed by atoms with van der Waals surface area (Å²) in [6.07, 6.45) is -4.89. The number of ether oxygens (including phenoxy) is 1. The summed E-state index contributed by atoms with van der Waals surface area (Å²) in [4.78, 5) is 11.2. The van der Waals surface area contributed by atoms with Crippen molar-refractivity contribution in [2.45, 2.75) is 45.5 Å². The molecule has 0 bridgehead atoms. The van der Waals surface area contributed by atoms with Crippen LogP contribution in [-0.4, -0.2) is 37.0 Å². The molecule has 0 saturated carbocycles. The Balaban J connectivity index is 3.77. The fraction of sp³-hybridized carbons (Fsp3) is 0.900. The van der Waals surface area contributed by atoms with Crippen LogP contribution in [0.3, 0.4) is 0 Å². The molecule has 1 unspecified atom stereocenters. The first-order valence-electron chi connectivity index (χ1n) is 5.26. The van der Waals surface area contributed by atoms with Crippen molar-refractivity contribution in [1.82, 2.24) is 10.6 Å². The van der Waals surface area contributed by atoms with Gasteiger partial charge in [-0.15, -0.1) is 0 Å². The lowest BCUT2D eigenvalue weighted by Gasteiger charge is -2.21. The van der Waals surface area contributed by atoms with E-state index in [9.17, 15) is 18.0 Å². The summed E-state index contributed by atoms with van der Waals surface area (Å²) in [6, 6.07) is -0.482. The molecule has 0 aliphatic carbocycles. The van der Waals surface area contributed by atoms with Crippen molar-refractivity contribution in [1.29, 1.82) is 0 Å². The zero-order chi connectivity index (χ0) is 13.7. The van der Waals surface area contributed by atoms with Crippen molar-refractivity contribution in [3.63, 3.8) is 0 Å². The Hall–Kier alpha value is -0.980. The van der Waals surface area contributed by atoms with Gasteiger partial charge in [0.1, 0.15) is 5.60 Å². The van der Waals surface area contributed by atoms with E-state index >= 15 is 0 Å². The van der Waals surface area contributed by atoms with Crippen LogP contribution < -0.4 is 10.6 Å². The first-order valence-corrected chi connectivity index (χ1v) is 5.26. The average molecular weight is 256 g/mol. The molecular weight excluding hydrogens is 237 g/mol. The summed E-state index contributed by atoms with van der Waals surface area (Å²) < 4.78 is 40.5. The molecule has 7 heteroatoms. The van der Waals surface area contributed by atoms with E-state index in [-0.39, 0.29) is 6.54 Å². The Morgan fingerprint density at radius 3 is 2.24 bits per heavy atom. The molecule has 0 aliphatic heterocycles. The summed E-state index contributed by atoms with van der Waals surface area (Å²) in [5.41, 5.74) is -0.618. The number of carbonyl (C=O) groups excluding carboxylic acids is 1. The lowest BCUT2D eigenvalue weighted by Crippen LogP contribution is -2.43. The number of alkyl carbamates (subject to hydrolysis) is 1. The third kappa shape index (κ3) is 11.3. The van der Waals surface area contributed by atoms with Gasteiger partial charge in [-0.25, -0.2) is 4.79 Å². The summed E-state index contributed by atoms with van der Waals surface area (Å²) in [5.74, 6) is 0. The van der Waals surface area contributed by atoms with Crippen molar-refractivity contribution < 1.29 is 22.7 Å². The van der Waals surface area contributed by atoms with Gasteiger partial charge in [0.2, 0.25) is 0 Å². The Morgan fingerprint density at radius 1 is 1.29 bits per heavy atom. The smallest absolute Gasteiger partial charge is 0.407 e. The van der Waals surface area contributed by atoms with Gasteiger partial charge >= 0.3 is 12.3 Å². The molecule has 0 rings (SSSR count). The van der Waals surface area contributed by atoms with Gasteiger partial charge in [0.25, 0.3) is 0 Å². The number of hydrogen-bond donors (Lipinski definition) is 2. The van der Waals surface area contributed by atoms with Crippen LogP contribution in [0, 0.1) is 0 Å².